The molecule has 0 aliphatic carbocycles. The van der Waals surface area contributed by atoms with E-state index >= 15 is 0 Å². The van der Waals surface area contributed by atoms with E-state index in [1.165, 1.54) is 0 Å². The van der Waals surface area contributed by atoms with E-state index < -0.39 is 0 Å². The van der Waals surface area contributed by atoms with Crippen molar-refractivity contribution < 1.29 is 0 Å². The molecule has 0 saturated heterocycles. The first kappa shape index (κ1) is 6.79. The monoisotopic (exact) mass is 202 g/mol. The zero-order chi connectivity index (χ0) is 5.21. The van der Waals surface area contributed by atoms with Gasteiger partial charge in [-0.05, 0) is 0 Å². The van der Waals surface area contributed by atoms with Crippen LogP contribution in [0.2, 0.25) is 8.43 Å². The van der Waals surface area contributed by atoms with E-state index in [-0.39, 0.29) is 0 Å². The van der Waals surface area contributed by atoms with Crippen molar-refractivity contribution in [1.29, 1.82) is 0 Å². The molecule has 0 fully saturated rings. The Morgan fingerprint density at radius 1 is 1.17 bits per heavy atom. The molecule has 0 radical (unpaired) electrons. The maximum atomic E-state index is 2.34. The van der Waals surface area contributed by atoms with Gasteiger partial charge in [0.2, 0.25) is 0 Å². The molecule has 0 N–H and O–H groups in total. The van der Waals surface area contributed by atoms with Crippen molar-refractivity contribution in [3.63, 3.8) is 0 Å². The second-order valence-electron chi connectivity index (χ2n) is 2.32. The van der Waals surface area contributed by atoms with Crippen LogP contribution < -0.4 is 0 Å². The van der Waals surface area contributed by atoms with Gasteiger partial charge in [0, 0.05) is 0 Å². The van der Waals surface area contributed by atoms with Crippen molar-refractivity contribution in [2.75, 3.05) is 0 Å². The van der Waals surface area contributed by atoms with Gasteiger partial charge in [-0.1, -0.05) is 0 Å². The zero-order valence-corrected chi connectivity index (χ0v) is 7.24. The van der Waals surface area contributed by atoms with Gasteiger partial charge in [0.25, 0.3) is 0 Å². The summed E-state index contributed by atoms with van der Waals surface area (Å²) in [6.45, 7) is 6.90. The van der Waals surface area contributed by atoms with Crippen molar-refractivity contribution in [1.82, 2.24) is 0 Å². The van der Waals surface area contributed by atoms with Gasteiger partial charge in [0.1, 0.15) is 0 Å². The molecule has 0 rings (SSSR count). The zero-order valence-electron chi connectivity index (χ0n) is 4.91. The molecule has 0 spiro atoms. The molecule has 0 aromatic heterocycles. The predicted molar refractivity (Wildman–Crippen MR) is 31.3 cm³/mol. The first-order chi connectivity index (χ1) is 2.56. The minimum atomic E-state index is 0.317. The third kappa shape index (κ3) is 4.79. The van der Waals surface area contributed by atoms with Crippen LogP contribution in [0.15, 0.2) is 0 Å². The standard InChI is InChI=1S/C5H12Te/c1-5(2,3)6-4/h1-4H3. The fraction of sp³-hybridized carbons (Fsp3) is 1.00. The molecule has 0 saturated carbocycles. The molecule has 0 aromatic carbocycles. The second kappa shape index (κ2) is 2.19. The van der Waals surface area contributed by atoms with E-state index in [0.717, 1.165) is 0 Å². The molecular weight excluding hydrogens is 188 g/mol. The van der Waals surface area contributed by atoms with Gasteiger partial charge in [-0.15, -0.1) is 0 Å². The first-order valence-corrected chi connectivity index (χ1v) is 5.61. The summed E-state index contributed by atoms with van der Waals surface area (Å²) in [7, 11) is 0. The average molecular weight is 200 g/mol. The molecule has 0 amide bonds. The van der Waals surface area contributed by atoms with Gasteiger partial charge in [0.15, 0.2) is 0 Å². The Bertz CT molecular complexity index is 33.7. The summed E-state index contributed by atoms with van der Waals surface area (Å²) in [5.74, 6) is 0. The Labute approximate surface area is 50.4 Å². The van der Waals surface area contributed by atoms with Crippen LogP contribution in [-0.2, 0) is 0 Å². The van der Waals surface area contributed by atoms with Crippen molar-refractivity contribution in [2.24, 2.45) is 0 Å². The Kier molecular flexibility index (Phi) is 2.48. The van der Waals surface area contributed by atoms with Gasteiger partial charge in [0.05, 0.1) is 0 Å². The molecule has 0 aliphatic rings. The van der Waals surface area contributed by atoms with Crippen LogP contribution in [0.5, 0.6) is 0 Å². The fourth-order valence-electron chi connectivity index (χ4n) is 0. The predicted octanol–water partition coefficient (Wildman–Crippen LogP) is 1.96. The average Bonchev–Trinajstić information content (AvgIpc) is 1.35. The summed E-state index contributed by atoms with van der Waals surface area (Å²) in [4.78, 5) is 2.34. The summed E-state index contributed by atoms with van der Waals surface area (Å²) >= 11 is 0.317. The van der Waals surface area contributed by atoms with Crippen molar-refractivity contribution >= 4 is 20.9 Å². The van der Waals surface area contributed by atoms with Crippen LogP contribution in [0.1, 0.15) is 20.8 Å². The van der Waals surface area contributed by atoms with Gasteiger partial charge < -0.3 is 0 Å². The minimum absolute atomic E-state index is 0.317. The van der Waals surface area contributed by atoms with Gasteiger partial charge in [-0.2, -0.15) is 0 Å². The molecule has 0 aliphatic heterocycles. The van der Waals surface area contributed by atoms with Crippen molar-refractivity contribution in [3.05, 3.63) is 0 Å². The number of hydrogen-bond acceptors (Lipinski definition) is 0. The van der Waals surface area contributed by atoms with E-state index in [1.54, 1.807) is 0 Å². The Morgan fingerprint density at radius 2 is 1.33 bits per heavy atom. The van der Waals surface area contributed by atoms with Gasteiger partial charge >= 0.3 is 50.1 Å². The summed E-state index contributed by atoms with van der Waals surface area (Å²) < 4.78 is 0.672. The van der Waals surface area contributed by atoms with Crippen LogP contribution >= 0.6 is 0 Å². The SMILES string of the molecule is C[Te]C(C)(C)C. The Balaban J connectivity index is 3.17. The molecule has 0 aromatic rings. The Hall–Kier alpha value is 0.790. The van der Waals surface area contributed by atoms with Gasteiger partial charge in [-0.3, -0.25) is 0 Å². The summed E-state index contributed by atoms with van der Waals surface area (Å²) in [5, 5.41) is 0. The van der Waals surface area contributed by atoms with Crippen LogP contribution in [0.3, 0.4) is 0 Å². The van der Waals surface area contributed by atoms with E-state index in [0.29, 0.717) is 24.4 Å². The number of rotatable bonds is 0. The van der Waals surface area contributed by atoms with E-state index in [1.807, 2.05) is 0 Å². The summed E-state index contributed by atoms with van der Waals surface area (Å²) in [6.07, 6.45) is 0. The Morgan fingerprint density at radius 3 is 1.33 bits per heavy atom. The summed E-state index contributed by atoms with van der Waals surface area (Å²) in [5.41, 5.74) is 0. The first-order valence-electron chi connectivity index (χ1n) is 2.11. The molecule has 0 heterocycles. The van der Waals surface area contributed by atoms with Crippen LogP contribution in [0.25, 0.3) is 0 Å². The normalized spacial score (nSPS) is 12.0. The van der Waals surface area contributed by atoms with E-state index in [9.17, 15) is 0 Å². The second-order valence-corrected chi connectivity index (χ2v) is 6.98. The van der Waals surface area contributed by atoms with Crippen molar-refractivity contribution in [2.45, 2.75) is 29.2 Å². The molecule has 0 unspecified atom stereocenters. The molecule has 0 atom stereocenters. The summed E-state index contributed by atoms with van der Waals surface area (Å²) in [6, 6.07) is 0. The third-order valence-electron chi connectivity index (χ3n) is 0.612. The maximum absolute atomic E-state index is 2.34. The molecule has 0 nitrogen and oxygen atoms in total. The molecular formula is C5H12Te. The van der Waals surface area contributed by atoms with Crippen LogP contribution in [0.4, 0.5) is 0 Å². The fourth-order valence-corrected chi connectivity index (χ4v) is 0. The van der Waals surface area contributed by atoms with E-state index in [4.69, 9.17) is 0 Å². The van der Waals surface area contributed by atoms with Gasteiger partial charge in [-0.25, -0.2) is 0 Å². The van der Waals surface area contributed by atoms with Crippen LogP contribution in [0, 0.1) is 0 Å². The van der Waals surface area contributed by atoms with E-state index in [2.05, 4.69) is 25.7 Å². The van der Waals surface area contributed by atoms with Crippen LogP contribution in [-0.4, -0.2) is 20.9 Å². The molecule has 38 valence electrons. The molecule has 6 heavy (non-hydrogen) atoms. The quantitative estimate of drug-likeness (QED) is 0.524. The topological polar surface area (TPSA) is 0 Å². The molecule has 0 bridgehead atoms. The van der Waals surface area contributed by atoms with Crippen molar-refractivity contribution in [3.8, 4) is 0 Å². The molecule has 1 heteroatoms. The third-order valence-corrected chi connectivity index (χ3v) is 4.11. The number of hydrogen-bond donors (Lipinski definition) is 0.